The first kappa shape index (κ1) is 16.0. The molecule has 0 spiro atoms. The molecule has 2 saturated heterocycles. The first-order valence-electron chi connectivity index (χ1n) is 7.64. The van der Waals surface area contributed by atoms with Gasteiger partial charge in [-0.25, -0.2) is 4.98 Å². The quantitative estimate of drug-likeness (QED) is 0.833. The number of aromatic nitrogens is 1. The van der Waals surface area contributed by atoms with Crippen LogP contribution in [0.3, 0.4) is 0 Å². The first-order valence-corrected chi connectivity index (χ1v) is 7.64. The molecule has 0 aromatic carbocycles. The molecular formula is C15H18F3N3O2. The Morgan fingerprint density at radius 2 is 1.96 bits per heavy atom. The zero-order valence-corrected chi connectivity index (χ0v) is 12.6. The maximum atomic E-state index is 12.8. The van der Waals surface area contributed by atoms with Gasteiger partial charge in [0.15, 0.2) is 6.10 Å². The lowest BCUT2D eigenvalue weighted by Crippen LogP contribution is -2.49. The number of carbonyl (C=O) groups excluding carboxylic acids is 1. The number of anilines is 1. The van der Waals surface area contributed by atoms with E-state index in [2.05, 4.69) is 4.98 Å². The number of amides is 1. The van der Waals surface area contributed by atoms with Crippen molar-refractivity contribution in [2.24, 2.45) is 0 Å². The van der Waals surface area contributed by atoms with Gasteiger partial charge in [-0.1, -0.05) is 0 Å². The second kappa shape index (κ2) is 6.35. The summed E-state index contributed by atoms with van der Waals surface area (Å²) in [4.78, 5) is 19.7. The Balaban J connectivity index is 1.68. The molecule has 0 radical (unpaired) electrons. The number of likely N-dealkylation sites (tertiary alicyclic amines) is 1. The average Bonchev–Trinajstić information content (AvgIpc) is 3.08. The number of hydrogen-bond acceptors (Lipinski definition) is 4. The van der Waals surface area contributed by atoms with Crippen molar-refractivity contribution in [2.45, 2.75) is 25.1 Å². The molecule has 1 aromatic rings. The van der Waals surface area contributed by atoms with E-state index in [0.29, 0.717) is 17.9 Å². The second-order valence-corrected chi connectivity index (χ2v) is 5.75. The second-order valence-electron chi connectivity index (χ2n) is 5.75. The van der Waals surface area contributed by atoms with E-state index in [0.717, 1.165) is 25.9 Å². The zero-order chi connectivity index (χ0) is 16.4. The van der Waals surface area contributed by atoms with Gasteiger partial charge in [0.1, 0.15) is 5.82 Å². The molecule has 0 saturated carbocycles. The van der Waals surface area contributed by atoms with Crippen LogP contribution < -0.4 is 4.90 Å². The molecule has 126 valence electrons. The van der Waals surface area contributed by atoms with Gasteiger partial charge in [0, 0.05) is 25.8 Å². The van der Waals surface area contributed by atoms with Gasteiger partial charge in [-0.05, 0) is 25.0 Å². The van der Waals surface area contributed by atoms with Crippen LogP contribution in [0.4, 0.5) is 19.0 Å². The van der Waals surface area contributed by atoms with Crippen molar-refractivity contribution in [3.63, 3.8) is 0 Å². The van der Waals surface area contributed by atoms with Gasteiger partial charge < -0.3 is 14.5 Å². The number of morpholine rings is 1. The maximum absolute atomic E-state index is 12.8. The number of nitrogens with zero attached hydrogens (tertiary/aromatic N) is 3. The zero-order valence-electron chi connectivity index (χ0n) is 12.6. The highest BCUT2D eigenvalue weighted by Gasteiger charge is 2.43. The molecule has 1 amide bonds. The molecule has 0 N–H and O–H groups in total. The highest BCUT2D eigenvalue weighted by Crippen LogP contribution is 2.27. The van der Waals surface area contributed by atoms with Crippen molar-refractivity contribution in [3.8, 4) is 0 Å². The lowest BCUT2D eigenvalue weighted by Gasteiger charge is -2.34. The van der Waals surface area contributed by atoms with Gasteiger partial charge in [0.2, 0.25) is 0 Å². The van der Waals surface area contributed by atoms with E-state index < -0.39 is 12.3 Å². The Hall–Kier alpha value is -1.83. The van der Waals surface area contributed by atoms with E-state index in [1.165, 1.54) is 11.1 Å². The molecule has 3 rings (SSSR count). The largest absolute Gasteiger partial charge is 0.416 e. The van der Waals surface area contributed by atoms with Crippen LogP contribution in [-0.2, 0) is 4.74 Å². The lowest BCUT2D eigenvalue weighted by molar-refractivity contribution is -0.221. The number of rotatable bonds is 2. The highest BCUT2D eigenvalue weighted by molar-refractivity contribution is 5.94. The van der Waals surface area contributed by atoms with Crippen LogP contribution in [0.15, 0.2) is 18.3 Å². The summed E-state index contributed by atoms with van der Waals surface area (Å²) in [7, 11) is 0. The third-order valence-corrected chi connectivity index (χ3v) is 4.14. The van der Waals surface area contributed by atoms with Gasteiger partial charge in [-0.15, -0.1) is 0 Å². The summed E-state index contributed by atoms with van der Waals surface area (Å²) < 4.78 is 43.0. The minimum absolute atomic E-state index is 0.000314. The lowest BCUT2D eigenvalue weighted by atomic mass is 10.2. The first-order chi connectivity index (χ1) is 10.9. The standard InChI is InChI=1S/C15H18F3N3O2/c16-15(17,18)12-10-21(7-8-23-12)13-4-3-11(9-19-13)14(22)20-5-1-2-6-20/h3-4,9,12H,1-2,5-8,10H2/t12-/m0/s1. The minimum atomic E-state index is -4.38. The van der Waals surface area contributed by atoms with Crippen LogP contribution in [0.25, 0.3) is 0 Å². The van der Waals surface area contributed by atoms with Gasteiger partial charge in [0.25, 0.3) is 5.91 Å². The van der Waals surface area contributed by atoms with Gasteiger partial charge in [0.05, 0.1) is 18.7 Å². The molecule has 0 aliphatic carbocycles. The number of halogens is 3. The molecule has 2 aliphatic rings. The topological polar surface area (TPSA) is 45.7 Å². The predicted molar refractivity (Wildman–Crippen MR) is 77.4 cm³/mol. The van der Waals surface area contributed by atoms with Crippen LogP contribution in [0.5, 0.6) is 0 Å². The van der Waals surface area contributed by atoms with Crippen LogP contribution in [0, 0.1) is 0 Å². The van der Waals surface area contributed by atoms with E-state index in [1.807, 2.05) is 0 Å². The Kier molecular flexibility index (Phi) is 4.43. The molecular weight excluding hydrogens is 311 g/mol. The summed E-state index contributed by atoms with van der Waals surface area (Å²) >= 11 is 0. The number of hydrogen-bond donors (Lipinski definition) is 0. The maximum Gasteiger partial charge on any atom is 0.416 e. The van der Waals surface area contributed by atoms with E-state index >= 15 is 0 Å². The molecule has 5 nitrogen and oxygen atoms in total. The summed E-state index contributed by atoms with van der Waals surface area (Å²) in [5.74, 6) is 0.359. The molecule has 0 unspecified atom stereocenters. The van der Waals surface area contributed by atoms with Gasteiger partial charge >= 0.3 is 6.18 Å². The summed E-state index contributed by atoms with van der Waals surface area (Å²) in [6.45, 7) is 1.56. The smallest absolute Gasteiger partial charge is 0.365 e. The van der Waals surface area contributed by atoms with Crippen molar-refractivity contribution in [2.75, 3.05) is 37.7 Å². The van der Waals surface area contributed by atoms with E-state index in [1.54, 1.807) is 17.0 Å². The van der Waals surface area contributed by atoms with E-state index in [-0.39, 0.29) is 19.1 Å². The fourth-order valence-electron chi connectivity index (χ4n) is 2.86. The van der Waals surface area contributed by atoms with Crippen molar-refractivity contribution in [1.82, 2.24) is 9.88 Å². The SMILES string of the molecule is O=C(c1ccc(N2CCO[C@H](C(F)(F)F)C2)nc1)N1CCCC1. The molecule has 2 fully saturated rings. The number of alkyl halides is 3. The predicted octanol–water partition coefficient (Wildman–Crippen LogP) is 2.09. The molecule has 23 heavy (non-hydrogen) atoms. The summed E-state index contributed by atoms with van der Waals surface area (Å²) in [6, 6.07) is 3.23. The average molecular weight is 329 g/mol. The Morgan fingerprint density at radius 3 is 2.57 bits per heavy atom. The number of ether oxygens (including phenoxy) is 1. The molecule has 0 bridgehead atoms. The van der Waals surface area contributed by atoms with Crippen LogP contribution in [0.1, 0.15) is 23.2 Å². The summed E-state index contributed by atoms with van der Waals surface area (Å²) in [5.41, 5.74) is 0.469. The third-order valence-electron chi connectivity index (χ3n) is 4.14. The summed E-state index contributed by atoms with van der Waals surface area (Å²) in [6.07, 6.45) is -2.74. The third kappa shape index (κ3) is 3.57. The summed E-state index contributed by atoms with van der Waals surface area (Å²) in [5, 5.41) is 0. The normalized spacial score (nSPS) is 22.5. The fraction of sp³-hybridized carbons (Fsp3) is 0.600. The highest BCUT2D eigenvalue weighted by atomic mass is 19.4. The van der Waals surface area contributed by atoms with Crippen molar-refractivity contribution in [1.29, 1.82) is 0 Å². The molecule has 1 aromatic heterocycles. The van der Waals surface area contributed by atoms with Crippen LogP contribution in [-0.4, -0.2) is 60.9 Å². The molecule has 3 heterocycles. The number of pyridine rings is 1. The van der Waals surface area contributed by atoms with Crippen molar-refractivity contribution >= 4 is 11.7 Å². The van der Waals surface area contributed by atoms with E-state index in [9.17, 15) is 18.0 Å². The molecule has 2 aliphatic heterocycles. The fourth-order valence-corrected chi connectivity index (χ4v) is 2.86. The Morgan fingerprint density at radius 1 is 1.22 bits per heavy atom. The molecule has 1 atom stereocenters. The van der Waals surface area contributed by atoms with Gasteiger partial charge in [-0.3, -0.25) is 4.79 Å². The van der Waals surface area contributed by atoms with Crippen molar-refractivity contribution in [3.05, 3.63) is 23.9 Å². The minimum Gasteiger partial charge on any atom is -0.365 e. The number of carbonyl (C=O) groups is 1. The Bertz CT molecular complexity index is 556. The monoisotopic (exact) mass is 329 g/mol. The molecule has 8 heteroatoms. The van der Waals surface area contributed by atoms with Crippen LogP contribution >= 0.6 is 0 Å². The van der Waals surface area contributed by atoms with Gasteiger partial charge in [-0.2, -0.15) is 13.2 Å². The Labute approximate surface area is 132 Å². The van der Waals surface area contributed by atoms with Crippen molar-refractivity contribution < 1.29 is 22.7 Å². The van der Waals surface area contributed by atoms with E-state index in [4.69, 9.17) is 4.74 Å². The van der Waals surface area contributed by atoms with Crippen LogP contribution in [0.2, 0.25) is 0 Å².